The fraction of sp³-hybridized carbons (Fsp3) is 0.438. The number of hydrogen-bond donors (Lipinski definition) is 2. The predicted molar refractivity (Wildman–Crippen MR) is 81.7 cm³/mol. The molecule has 0 radical (unpaired) electrons. The molecule has 3 rings (SSSR count). The molecule has 1 aromatic carbocycles. The molecule has 1 aliphatic rings. The van der Waals surface area contributed by atoms with Gasteiger partial charge in [-0.2, -0.15) is 0 Å². The highest BCUT2D eigenvalue weighted by Crippen LogP contribution is 2.43. The minimum absolute atomic E-state index is 0.0747. The summed E-state index contributed by atoms with van der Waals surface area (Å²) in [6.45, 7) is 0.819. The minimum Gasteiger partial charge on any atom is -0.396 e. The van der Waals surface area contributed by atoms with Crippen LogP contribution in [0.4, 0.5) is 0 Å². The molecule has 0 aliphatic heterocycles. The van der Waals surface area contributed by atoms with E-state index in [9.17, 15) is 4.79 Å². The van der Waals surface area contributed by atoms with Crippen LogP contribution in [0.3, 0.4) is 0 Å². The van der Waals surface area contributed by atoms with E-state index >= 15 is 0 Å². The summed E-state index contributed by atoms with van der Waals surface area (Å²) in [5.41, 5.74) is 1.59. The third-order valence-electron chi connectivity index (χ3n) is 4.50. The first-order valence-corrected chi connectivity index (χ1v) is 7.58. The maximum absolute atomic E-state index is 12.2. The Morgan fingerprint density at radius 2 is 2.09 bits per heavy atom. The largest absolute Gasteiger partial charge is 0.396 e. The Hall–Kier alpha value is -2.21. The van der Waals surface area contributed by atoms with E-state index in [1.807, 2.05) is 12.1 Å². The number of carbonyl (C=O) groups is 1. The van der Waals surface area contributed by atoms with Gasteiger partial charge in [0, 0.05) is 18.7 Å². The first-order chi connectivity index (χ1) is 10.7. The highest BCUT2D eigenvalue weighted by molar-refractivity contribution is 5.94. The van der Waals surface area contributed by atoms with E-state index in [-0.39, 0.29) is 17.9 Å². The van der Waals surface area contributed by atoms with Gasteiger partial charge in [-0.05, 0) is 48.9 Å². The van der Waals surface area contributed by atoms with Crippen molar-refractivity contribution in [1.29, 1.82) is 0 Å². The molecule has 2 aromatic rings. The number of amides is 1. The van der Waals surface area contributed by atoms with Gasteiger partial charge in [0.2, 0.25) is 0 Å². The average molecular weight is 300 g/mol. The molecule has 0 unspecified atom stereocenters. The Morgan fingerprint density at radius 1 is 1.32 bits per heavy atom. The molecule has 6 heteroatoms. The van der Waals surface area contributed by atoms with Crippen LogP contribution >= 0.6 is 0 Å². The molecule has 1 aromatic heterocycles. The highest BCUT2D eigenvalue weighted by Gasteiger charge is 2.36. The van der Waals surface area contributed by atoms with Gasteiger partial charge in [-0.25, -0.2) is 4.68 Å². The van der Waals surface area contributed by atoms with E-state index in [4.69, 9.17) is 5.11 Å². The van der Waals surface area contributed by atoms with Gasteiger partial charge in [0.1, 0.15) is 0 Å². The van der Waals surface area contributed by atoms with Gasteiger partial charge in [-0.1, -0.05) is 11.6 Å². The molecule has 0 atom stereocenters. The van der Waals surface area contributed by atoms with Gasteiger partial charge < -0.3 is 10.4 Å². The second kappa shape index (κ2) is 6.27. The monoisotopic (exact) mass is 300 g/mol. The van der Waals surface area contributed by atoms with E-state index < -0.39 is 0 Å². The molecular weight excluding hydrogens is 280 g/mol. The molecule has 1 aliphatic carbocycles. The fourth-order valence-electron chi connectivity index (χ4n) is 2.91. The number of aliphatic hydroxyl groups is 1. The number of aromatic nitrogens is 3. The van der Waals surface area contributed by atoms with Crippen molar-refractivity contribution in [2.45, 2.75) is 25.7 Å². The number of nitrogens with zero attached hydrogens (tertiary/aromatic N) is 3. The number of carbonyl (C=O) groups excluding carboxylic acids is 1. The maximum Gasteiger partial charge on any atom is 0.251 e. The average Bonchev–Trinajstić information content (AvgIpc) is 3.04. The van der Waals surface area contributed by atoms with Gasteiger partial charge in [0.15, 0.2) is 0 Å². The number of rotatable bonds is 6. The summed E-state index contributed by atoms with van der Waals surface area (Å²) in [6, 6.07) is 7.25. The molecule has 116 valence electrons. The lowest BCUT2D eigenvalue weighted by Crippen LogP contribution is -2.42. The van der Waals surface area contributed by atoms with Crippen molar-refractivity contribution in [3.8, 4) is 5.69 Å². The maximum atomic E-state index is 12.2. The summed E-state index contributed by atoms with van der Waals surface area (Å²) in [7, 11) is 0. The molecule has 0 saturated heterocycles. The molecular formula is C16H20N4O2. The first kappa shape index (κ1) is 14.7. The quantitative estimate of drug-likeness (QED) is 0.848. The zero-order valence-corrected chi connectivity index (χ0v) is 12.4. The molecule has 0 spiro atoms. The Balaban J connectivity index is 1.60. The van der Waals surface area contributed by atoms with Crippen LogP contribution < -0.4 is 5.32 Å². The molecule has 22 heavy (non-hydrogen) atoms. The van der Waals surface area contributed by atoms with Crippen molar-refractivity contribution in [1.82, 2.24) is 20.3 Å². The number of nitrogens with one attached hydrogen (secondary N) is 1. The van der Waals surface area contributed by atoms with Crippen molar-refractivity contribution >= 4 is 5.91 Å². The zero-order valence-electron chi connectivity index (χ0n) is 12.4. The summed E-state index contributed by atoms with van der Waals surface area (Å²) in [4.78, 5) is 12.2. The van der Waals surface area contributed by atoms with Crippen molar-refractivity contribution in [2.24, 2.45) is 5.41 Å². The molecule has 2 N–H and O–H groups in total. The van der Waals surface area contributed by atoms with Gasteiger partial charge in [0.05, 0.1) is 18.1 Å². The van der Waals surface area contributed by atoms with Gasteiger partial charge in [-0.15, -0.1) is 5.10 Å². The summed E-state index contributed by atoms with van der Waals surface area (Å²) >= 11 is 0. The van der Waals surface area contributed by atoms with Crippen LogP contribution in [-0.2, 0) is 0 Å². The molecule has 1 heterocycles. The standard InChI is InChI=1S/C16H20N4O2/c21-11-8-16(6-1-7-16)12-17-15(22)13-2-4-14(5-3-13)20-10-9-18-19-20/h2-5,9-10,21H,1,6-8,11-12H2,(H,17,22). The summed E-state index contributed by atoms with van der Waals surface area (Å²) in [6.07, 6.45) is 7.48. The van der Waals surface area contributed by atoms with E-state index in [1.165, 1.54) is 6.42 Å². The summed E-state index contributed by atoms with van der Waals surface area (Å²) in [5, 5.41) is 19.8. The second-order valence-corrected chi connectivity index (χ2v) is 5.90. The lowest BCUT2D eigenvalue weighted by Gasteiger charge is -2.41. The zero-order chi connectivity index (χ0) is 15.4. The summed E-state index contributed by atoms with van der Waals surface area (Å²) < 4.78 is 1.65. The molecule has 1 fully saturated rings. The fourth-order valence-corrected chi connectivity index (χ4v) is 2.91. The van der Waals surface area contributed by atoms with Crippen LogP contribution in [0, 0.1) is 5.41 Å². The SMILES string of the molecule is O=C(NCC1(CCO)CCC1)c1ccc(-n2ccnn2)cc1. The van der Waals surface area contributed by atoms with Crippen molar-refractivity contribution in [2.75, 3.05) is 13.2 Å². The smallest absolute Gasteiger partial charge is 0.251 e. The van der Waals surface area contributed by atoms with Crippen LogP contribution in [0.2, 0.25) is 0 Å². The van der Waals surface area contributed by atoms with E-state index in [0.717, 1.165) is 24.9 Å². The second-order valence-electron chi connectivity index (χ2n) is 5.90. The Bertz CT molecular complexity index is 618. The lowest BCUT2D eigenvalue weighted by molar-refractivity contribution is 0.0732. The molecule has 0 bridgehead atoms. The third kappa shape index (κ3) is 3.01. The molecule has 1 amide bonds. The van der Waals surface area contributed by atoms with Crippen molar-refractivity contribution in [3.63, 3.8) is 0 Å². The van der Waals surface area contributed by atoms with Crippen LogP contribution in [0.5, 0.6) is 0 Å². The number of aliphatic hydroxyl groups excluding tert-OH is 1. The number of hydrogen-bond acceptors (Lipinski definition) is 4. The van der Waals surface area contributed by atoms with Crippen LogP contribution in [-0.4, -0.2) is 39.2 Å². The Labute approximate surface area is 129 Å². The number of benzene rings is 1. The van der Waals surface area contributed by atoms with Gasteiger partial charge in [-0.3, -0.25) is 4.79 Å². The Kier molecular flexibility index (Phi) is 4.20. The van der Waals surface area contributed by atoms with Crippen LogP contribution in [0.25, 0.3) is 5.69 Å². The van der Waals surface area contributed by atoms with E-state index in [0.29, 0.717) is 12.1 Å². The summed E-state index contributed by atoms with van der Waals surface area (Å²) in [5.74, 6) is -0.0747. The lowest BCUT2D eigenvalue weighted by atomic mass is 9.67. The van der Waals surface area contributed by atoms with Crippen LogP contribution in [0.1, 0.15) is 36.0 Å². The van der Waals surface area contributed by atoms with Crippen molar-refractivity contribution < 1.29 is 9.90 Å². The van der Waals surface area contributed by atoms with E-state index in [1.54, 1.807) is 29.2 Å². The predicted octanol–water partition coefficient (Wildman–Crippen LogP) is 1.55. The van der Waals surface area contributed by atoms with Gasteiger partial charge in [0.25, 0.3) is 5.91 Å². The molecule has 6 nitrogen and oxygen atoms in total. The third-order valence-corrected chi connectivity index (χ3v) is 4.50. The van der Waals surface area contributed by atoms with Crippen molar-refractivity contribution in [3.05, 3.63) is 42.2 Å². The minimum atomic E-state index is -0.0747. The highest BCUT2D eigenvalue weighted by atomic mass is 16.3. The van der Waals surface area contributed by atoms with Crippen LogP contribution in [0.15, 0.2) is 36.7 Å². The first-order valence-electron chi connectivity index (χ1n) is 7.58. The normalized spacial score (nSPS) is 16.0. The van der Waals surface area contributed by atoms with E-state index in [2.05, 4.69) is 15.6 Å². The Morgan fingerprint density at radius 3 is 2.64 bits per heavy atom. The molecule has 1 saturated carbocycles. The van der Waals surface area contributed by atoms with Gasteiger partial charge >= 0.3 is 0 Å². The topological polar surface area (TPSA) is 80.0 Å².